The van der Waals surface area contributed by atoms with E-state index in [9.17, 15) is 4.39 Å². The summed E-state index contributed by atoms with van der Waals surface area (Å²) in [5.74, 6) is -0.164. The zero-order valence-corrected chi connectivity index (χ0v) is 15.1. The summed E-state index contributed by atoms with van der Waals surface area (Å²) in [5, 5.41) is 5.44. The van der Waals surface area contributed by atoms with Gasteiger partial charge in [-0.1, -0.05) is 24.3 Å². The lowest BCUT2D eigenvalue weighted by Gasteiger charge is -2.15. The van der Waals surface area contributed by atoms with Crippen LogP contribution in [0.4, 0.5) is 4.39 Å². The fraction of sp³-hybridized carbons (Fsp3) is 0.182. The van der Waals surface area contributed by atoms with Crippen molar-refractivity contribution in [3.8, 4) is 11.1 Å². The third-order valence-corrected chi connectivity index (χ3v) is 5.15. The van der Waals surface area contributed by atoms with Gasteiger partial charge in [0.25, 0.3) is 0 Å². The van der Waals surface area contributed by atoms with Gasteiger partial charge >= 0.3 is 0 Å². The van der Waals surface area contributed by atoms with Gasteiger partial charge in [0.2, 0.25) is 0 Å². The lowest BCUT2D eigenvalue weighted by Crippen LogP contribution is -2.16. The van der Waals surface area contributed by atoms with E-state index < -0.39 is 0 Å². The minimum Gasteiger partial charge on any atom is -0.289 e. The number of benzene rings is 2. The first kappa shape index (κ1) is 16.1. The van der Waals surface area contributed by atoms with Gasteiger partial charge in [0, 0.05) is 50.0 Å². The Labute approximate surface area is 156 Å². The molecule has 0 atom stereocenters. The zero-order valence-electron chi connectivity index (χ0n) is 15.1. The molecule has 1 aliphatic rings. The predicted octanol–water partition coefficient (Wildman–Crippen LogP) is 4.29. The minimum atomic E-state index is -0.164. The highest BCUT2D eigenvalue weighted by molar-refractivity contribution is 5.84. The largest absolute Gasteiger partial charge is 0.289 e. The molecule has 27 heavy (non-hydrogen) atoms. The van der Waals surface area contributed by atoms with Gasteiger partial charge in [-0.2, -0.15) is 5.10 Å². The van der Waals surface area contributed by atoms with Crippen LogP contribution in [0.15, 0.2) is 60.9 Å². The number of hydrogen-bond donors (Lipinski definition) is 0. The van der Waals surface area contributed by atoms with Crippen molar-refractivity contribution in [1.29, 1.82) is 0 Å². The molecule has 0 saturated heterocycles. The highest BCUT2D eigenvalue weighted by atomic mass is 19.1. The summed E-state index contributed by atoms with van der Waals surface area (Å²) in [6.07, 6.45) is 3.79. The Bertz CT molecular complexity index is 1120. The van der Waals surface area contributed by atoms with Crippen LogP contribution in [0.3, 0.4) is 0 Å². The van der Waals surface area contributed by atoms with Crippen LogP contribution in [0.1, 0.15) is 16.8 Å². The average Bonchev–Trinajstić information content (AvgIpc) is 3.24. The lowest BCUT2D eigenvalue weighted by atomic mass is 10.0. The number of hydrogen-bond acceptors (Lipinski definition) is 3. The van der Waals surface area contributed by atoms with Gasteiger partial charge in [-0.25, -0.2) is 4.39 Å². The van der Waals surface area contributed by atoms with E-state index in [0.29, 0.717) is 12.1 Å². The van der Waals surface area contributed by atoms with Crippen LogP contribution in [0.25, 0.3) is 22.0 Å². The van der Waals surface area contributed by atoms with Crippen molar-refractivity contribution in [2.45, 2.75) is 19.6 Å². The Kier molecular flexibility index (Phi) is 3.76. The smallest absolute Gasteiger partial charge is 0.128 e. The van der Waals surface area contributed by atoms with Crippen molar-refractivity contribution in [3.05, 3.63) is 83.6 Å². The van der Waals surface area contributed by atoms with Gasteiger partial charge < -0.3 is 0 Å². The maximum atomic E-state index is 14.8. The fourth-order valence-corrected chi connectivity index (χ4v) is 3.80. The molecular weight excluding hydrogens is 339 g/mol. The maximum Gasteiger partial charge on any atom is 0.128 e. The van der Waals surface area contributed by atoms with Crippen LogP contribution in [-0.4, -0.2) is 19.7 Å². The van der Waals surface area contributed by atoms with Crippen LogP contribution in [-0.2, 0) is 26.7 Å². The average molecular weight is 358 g/mol. The van der Waals surface area contributed by atoms with Gasteiger partial charge in [-0.3, -0.25) is 14.6 Å². The van der Waals surface area contributed by atoms with Crippen molar-refractivity contribution in [2.75, 3.05) is 0 Å². The molecule has 0 amide bonds. The second kappa shape index (κ2) is 6.28. The molecule has 5 heteroatoms. The third kappa shape index (κ3) is 3.00. The molecule has 4 nitrogen and oxygen atoms in total. The van der Waals surface area contributed by atoms with E-state index in [1.54, 1.807) is 10.7 Å². The molecule has 2 aromatic heterocycles. The summed E-state index contributed by atoms with van der Waals surface area (Å²) in [6.45, 7) is 2.18. The second-order valence-corrected chi connectivity index (χ2v) is 7.14. The molecule has 0 radical (unpaired) electrons. The van der Waals surface area contributed by atoms with Crippen molar-refractivity contribution in [3.63, 3.8) is 0 Å². The molecule has 0 bridgehead atoms. The second-order valence-electron chi connectivity index (χ2n) is 7.14. The molecule has 2 aromatic carbocycles. The molecular formula is C22H19FN4. The Morgan fingerprint density at radius 1 is 1.04 bits per heavy atom. The maximum absolute atomic E-state index is 14.8. The monoisotopic (exact) mass is 358 g/mol. The van der Waals surface area contributed by atoms with Crippen molar-refractivity contribution in [1.82, 2.24) is 19.7 Å². The van der Waals surface area contributed by atoms with Crippen molar-refractivity contribution in [2.24, 2.45) is 7.05 Å². The Balaban J connectivity index is 1.39. The number of aryl methyl sites for hydroxylation is 1. The van der Waals surface area contributed by atoms with E-state index in [-0.39, 0.29) is 5.82 Å². The molecule has 0 saturated carbocycles. The van der Waals surface area contributed by atoms with Crippen LogP contribution >= 0.6 is 0 Å². The molecule has 0 spiro atoms. The van der Waals surface area contributed by atoms with Gasteiger partial charge in [0.05, 0.1) is 11.2 Å². The zero-order chi connectivity index (χ0) is 18.4. The quantitative estimate of drug-likeness (QED) is 0.548. The molecule has 0 unspecified atom stereocenters. The normalized spacial score (nSPS) is 14.0. The molecule has 0 aliphatic carbocycles. The summed E-state index contributed by atoms with van der Waals surface area (Å²) < 4.78 is 16.6. The molecule has 0 N–H and O–H groups in total. The molecule has 0 fully saturated rings. The topological polar surface area (TPSA) is 34.0 Å². The van der Waals surface area contributed by atoms with Crippen LogP contribution < -0.4 is 0 Å². The summed E-state index contributed by atoms with van der Waals surface area (Å²) in [6, 6.07) is 15.6. The number of rotatable bonds is 3. The van der Waals surface area contributed by atoms with E-state index in [1.807, 2.05) is 49.8 Å². The van der Waals surface area contributed by atoms with Gasteiger partial charge in [-0.15, -0.1) is 0 Å². The predicted molar refractivity (Wildman–Crippen MR) is 103 cm³/mol. The molecule has 4 aromatic rings. The molecule has 134 valence electrons. The number of nitrogens with zero attached hydrogens (tertiary/aromatic N) is 4. The van der Waals surface area contributed by atoms with E-state index in [1.165, 1.54) is 5.56 Å². The molecule has 5 rings (SSSR count). The third-order valence-electron chi connectivity index (χ3n) is 5.15. The summed E-state index contributed by atoms with van der Waals surface area (Å²) in [5.41, 5.74) is 5.88. The first-order valence-corrected chi connectivity index (χ1v) is 9.03. The molecule has 1 aliphatic heterocycles. The fourth-order valence-electron chi connectivity index (χ4n) is 3.80. The number of pyridine rings is 1. The van der Waals surface area contributed by atoms with Crippen molar-refractivity contribution < 1.29 is 4.39 Å². The van der Waals surface area contributed by atoms with Gasteiger partial charge in [0.15, 0.2) is 0 Å². The first-order valence-electron chi connectivity index (χ1n) is 9.03. The van der Waals surface area contributed by atoms with E-state index in [0.717, 1.165) is 40.8 Å². The summed E-state index contributed by atoms with van der Waals surface area (Å²) in [7, 11) is 1.90. The first-order chi connectivity index (χ1) is 13.2. The van der Waals surface area contributed by atoms with Gasteiger partial charge in [-0.05, 0) is 41.0 Å². The van der Waals surface area contributed by atoms with Crippen LogP contribution in [0.5, 0.6) is 0 Å². The number of aromatic nitrogens is 3. The van der Waals surface area contributed by atoms with E-state index in [4.69, 9.17) is 0 Å². The highest BCUT2D eigenvalue weighted by Crippen LogP contribution is 2.27. The van der Waals surface area contributed by atoms with E-state index in [2.05, 4.69) is 27.1 Å². The van der Waals surface area contributed by atoms with Crippen LogP contribution in [0, 0.1) is 5.82 Å². The Morgan fingerprint density at radius 2 is 1.89 bits per heavy atom. The van der Waals surface area contributed by atoms with E-state index >= 15 is 0 Å². The van der Waals surface area contributed by atoms with Gasteiger partial charge in [0.1, 0.15) is 5.82 Å². The Morgan fingerprint density at radius 3 is 2.74 bits per heavy atom. The lowest BCUT2D eigenvalue weighted by molar-refractivity contribution is 0.270. The highest BCUT2D eigenvalue weighted by Gasteiger charge is 2.20. The van der Waals surface area contributed by atoms with Crippen molar-refractivity contribution >= 4 is 10.9 Å². The summed E-state index contributed by atoms with van der Waals surface area (Å²) >= 11 is 0. The summed E-state index contributed by atoms with van der Waals surface area (Å²) in [4.78, 5) is 6.63. The van der Waals surface area contributed by atoms with Crippen LogP contribution in [0.2, 0.25) is 0 Å². The number of fused-ring (bicyclic) bond motifs is 2. The SMILES string of the molecule is Cn1cc2cc(-c3ccc(CN4Cc5cccnc5C4)c(F)c3)ccc2n1. The molecule has 3 heterocycles. The standard InChI is InChI=1S/C22H19FN4/c1-26-11-19-9-15(6-7-21(19)25-26)16-4-5-17(20(23)10-16)12-27-13-18-3-2-8-24-22(18)14-27/h2-11H,12-14H2,1H3. The number of halogens is 1. The minimum absolute atomic E-state index is 0.164. The Hall–Kier alpha value is -3.05.